The monoisotopic (exact) mass is 394 g/mol. The lowest BCUT2D eigenvalue weighted by molar-refractivity contribution is 0.141. The van der Waals surface area contributed by atoms with Gasteiger partial charge in [-0.2, -0.15) is 19.3 Å². The van der Waals surface area contributed by atoms with E-state index in [9.17, 15) is 8.42 Å². The number of sulfonamides is 1. The van der Waals surface area contributed by atoms with Gasteiger partial charge in [0.1, 0.15) is 0 Å². The van der Waals surface area contributed by atoms with E-state index in [1.807, 2.05) is 21.0 Å². The van der Waals surface area contributed by atoms with Crippen molar-refractivity contribution >= 4 is 21.9 Å². The summed E-state index contributed by atoms with van der Waals surface area (Å²) in [6.07, 6.45) is 3.36. The van der Waals surface area contributed by atoms with E-state index >= 15 is 0 Å². The molecule has 148 valence electrons. The van der Waals surface area contributed by atoms with Gasteiger partial charge in [0.2, 0.25) is 21.9 Å². The number of nitrogens with zero attached hydrogens (tertiary/aromatic N) is 7. The minimum absolute atomic E-state index is 0.0874. The molecule has 27 heavy (non-hydrogen) atoms. The van der Waals surface area contributed by atoms with Gasteiger partial charge in [0.15, 0.2) is 5.82 Å². The highest BCUT2D eigenvalue weighted by molar-refractivity contribution is 7.89. The molecule has 0 spiro atoms. The van der Waals surface area contributed by atoms with E-state index in [2.05, 4.69) is 19.9 Å². The van der Waals surface area contributed by atoms with Crippen molar-refractivity contribution in [2.24, 2.45) is 7.05 Å². The number of rotatable bonds is 5. The Morgan fingerprint density at radius 3 is 2.37 bits per heavy atom. The largest absolute Gasteiger partial charge is 0.368 e. The van der Waals surface area contributed by atoms with E-state index in [1.165, 1.54) is 4.31 Å². The Bertz CT molecular complexity index is 903. The first kappa shape index (κ1) is 19.5. The summed E-state index contributed by atoms with van der Waals surface area (Å²) in [5.41, 5.74) is 5.81. The van der Waals surface area contributed by atoms with Crippen molar-refractivity contribution in [2.75, 3.05) is 50.9 Å². The molecule has 0 aromatic carbocycles. The summed E-state index contributed by atoms with van der Waals surface area (Å²) in [6.45, 7) is 4.02. The highest BCUT2D eigenvalue weighted by Gasteiger charge is 2.31. The van der Waals surface area contributed by atoms with Crippen molar-refractivity contribution in [1.82, 2.24) is 28.7 Å². The molecule has 1 atom stereocenters. The average molecular weight is 395 g/mol. The van der Waals surface area contributed by atoms with Crippen LogP contribution in [0.2, 0.25) is 0 Å². The zero-order valence-electron chi connectivity index (χ0n) is 16.1. The molecule has 0 bridgehead atoms. The Labute approximate surface area is 159 Å². The fraction of sp³-hybridized carbons (Fsp3) is 0.562. The van der Waals surface area contributed by atoms with E-state index in [4.69, 9.17) is 5.73 Å². The molecule has 2 N–H and O–H groups in total. The number of hydrogen-bond acceptors (Lipinski definition) is 8. The van der Waals surface area contributed by atoms with E-state index < -0.39 is 10.0 Å². The minimum atomic E-state index is -3.46. The van der Waals surface area contributed by atoms with Crippen molar-refractivity contribution < 1.29 is 8.42 Å². The predicted octanol–water partition coefficient (Wildman–Crippen LogP) is -0.0742. The Balaban J connectivity index is 1.70. The van der Waals surface area contributed by atoms with Crippen LogP contribution < -0.4 is 10.6 Å². The second-order valence-corrected chi connectivity index (χ2v) is 8.81. The normalized spacial score (nSPS) is 17.8. The quantitative estimate of drug-likeness (QED) is 0.749. The van der Waals surface area contributed by atoms with Crippen molar-refractivity contribution in [3.63, 3.8) is 0 Å². The first-order valence-corrected chi connectivity index (χ1v) is 10.2. The smallest absolute Gasteiger partial charge is 0.244 e. The fourth-order valence-corrected chi connectivity index (χ4v) is 4.53. The number of nitrogens with two attached hydrogens (primary N) is 1. The first-order chi connectivity index (χ1) is 12.7. The molecule has 10 nitrogen and oxygen atoms in total. The van der Waals surface area contributed by atoms with E-state index in [-0.39, 0.29) is 12.0 Å². The molecule has 3 rings (SSSR count). The lowest BCUT2D eigenvalue weighted by Crippen LogP contribution is -2.49. The van der Waals surface area contributed by atoms with Gasteiger partial charge >= 0.3 is 0 Å². The van der Waals surface area contributed by atoms with Crippen LogP contribution in [-0.2, 0) is 17.1 Å². The maximum atomic E-state index is 12.8. The van der Waals surface area contributed by atoms with Crippen LogP contribution in [0, 0.1) is 0 Å². The van der Waals surface area contributed by atoms with Crippen molar-refractivity contribution in [3.8, 4) is 0 Å². The van der Waals surface area contributed by atoms with Gasteiger partial charge in [-0.1, -0.05) is 0 Å². The summed E-state index contributed by atoms with van der Waals surface area (Å²) in [6, 6.07) is 1.54. The number of anilines is 2. The summed E-state index contributed by atoms with van der Waals surface area (Å²) < 4.78 is 28.8. The summed E-state index contributed by atoms with van der Waals surface area (Å²) >= 11 is 0. The molecule has 1 fully saturated rings. The second kappa shape index (κ2) is 7.41. The van der Waals surface area contributed by atoms with E-state index in [1.54, 1.807) is 35.0 Å². The van der Waals surface area contributed by atoms with Gasteiger partial charge in [0, 0.05) is 59.7 Å². The molecule has 3 heterocycles. The van der Waals surface area contributed by atoms with Crippen molar-refractivity contribution in [3.05, 3.63) is 24.3 Å². The number of piperazine rings is 1. The topological polar surface area (TPSA) is 113 Å². The van der Waals surface area contributed by atoms with Gasteiger partial charge in [0.05, 0.1) is 10.9 Å². The Hall–Kier alpha value is -2.24. The molecule has 0 saturated carbocycles. The predicted molar refractivity (Wildman–Crippen MR) is 103 cm³/mol. The molecule has 1 unspecified atom stereocenters. The number of aryl methyl sites for hydroxylation is 1. The number of nitrogen functional groups attached to an aromatic ring is 1. The third-order valence-corrected chi connectivity index (χ3v) is 6.58. The van der Waals surface area contributed by atoms with Crippen LogP contribution in [0.5, 0.6) is 0 Å². The van der Waals surface area contributed by atoms with Gasteiger partial charge < -0.3 is 15.2 Å². The molecule has 2 aromatic rings. The molecule has 11 heteroatoms. The highest BCUT2D eigenvalue weighted by Crippen LogP contribution is 2.23. The summed E-state index contributed by atoms with van der Waals surface area (Å²) in [5.74, 6) is 1.28. The number of aromatic nitrogens is 4. The van der Waals surface area contributed by atoms with E-state index in [0.29, 0.717) is 42.8 Å². The molecular weight excluding hydrogens is 368 g/mol. The molecule has 0 amide bonds. The van der Waals surface area contributed by atoms with Gasteiger partial charge in [-0.3, -0.25) is 4.90 Å². The van der Waals surface area contributed by atoms with Crippen LogP contribution in [0.4, 0.5) is 11.9 Å². The summed E-state index contributed by atoms with van der Waals surface area (Å²) in [4.78, 5) is 17.1. The molecule has 2 aromatic heterocycles. The van der Waals surface area contributed by atoms with Crippen LogP contribution in [0.3, 0.4) is 0 Å². The molecule has 0 aliphatic carbocycles. The van der Waals surface area contributed by atoms with Crippen LogP contribution in [0.1, 0.15) is 18.8 Å². The van der Waals surface area contributed by atoms with Gasteiger partial charge in [-0.25, -0.2) is 8.42 Å². The molecule has 0 radical (unpaired) electrons. The van der Waals surface area contributed by atoms with Crippen LogP contribution in [0.25, 0.3) is 0 Å². The zero-order chi connectivity index (χ0) is 19.8. The molecule has 1 aliphatic heterocycles. The van der Waals surface area contributed by atoms with Crippen LogP contribution >= 0.6 is 0 Å². The van der Waals surface area contributed by atoms with Crippen LogP contribution in [0.15, 0.2) is 23.4 Å². The SMILES string of the molecule is CC(c1nc(N)nc(N(C)C)n1)N1CCN(S(=O)(=O)c2ccn(C)c2)CC1. The highest BCUT2D eigenvalue weighted by atomic mass is 32.2. The van der Waals surface area contributed by atoms with Crippen molar-refractivity contribution in [2.45, 2.75) is 17.9 Å². The van der Waals surface area contributed by atoms with E-state index in [0.717, 1.165) is 0 Å². The summed E-state index contributed by atoms with van der Waals surface area (Å²) in [5, 5.41) is 0. The van der Waals surface area contributed by atoms with Gasteiger partial charge in [-0.15, -0.1) is 0 Å². The van der Waals surface area contributed by atoms with Gasteiger partial charge in [-0.05, 0) is 13.0 Å². The van der Waals surface area contributed by atoms with Crippen molar-refractivity contribution in [1.29, 1.82) is 0 Å². The standard InChI is InChI=1S/C16H26N8O2S/c1-12(14-18-15(17)20-16(19-14)21(2)3)23-7-9-24(10-8-23)27(25,26)13-5-6-22(4)11-13/h5-6,11-12H,7-10H2,1-4H3,(H2,17,18,19,20). The third-order valence-electron chi connectivity index (χ3n) is 4.70. The fourth-order valence-electron chi connectivity index (χ4n) is 3.06. The summed E-state index contributed by atoms with van der Waals surface area (Å²) in [7, 11) is 2.03. The average Bonchev–Trinajstić information content (AvgIpc) is 3.08. The Morgan fingerprint density at radius 1 is 1.15 bits per heavy atom. The van der Waals surface area contributed by atoms with Gasteiger partial charge in [0.25, 0.3) is 0 Å². The maximum absolute atomic E-state index is 12.8. The molecule has 1 aliphatic rings. The molecule has 1 saturated heterocycles. The number of hydrogen-bond donors (Lipinski definition) is 1. The second-order valence-electron chi connectivity index (χ2n) is 6.87. The van der Waals surface area contributed by atoms with Crippen LogP contribution in [-0.4, -0.2) is 77.4 Å². The Kier molecular flexibility index (Phi) is 5.36. The third kappa shape index (κ3) is 4.04. The molecular formula is C16H26N8O2S. The zero-order valence-corrected chi connectivity index (χ0v) is 16.9. The maximum Gasteiger partial charge on any atom is 0.244 e. The minimum Gasteiger partial charge on any atom is -0.368 e. The lowest BCUT2D eigenvalue weighted by Gasteiger charge is -2.36. The Morgan fingerprint density at radius 2 is 1.81 bits per heavy atom. The first-order valence-electron chi connectivity index (χ1n) is 8.73. The lowest BCUT2D eigenvalue weighted by atomic mass is 10.2.